The Kier molecular flexibility index (Phi) is 7.27. The summed E-state index contributed by atoms with van der Waals surface area (Å²) in [6, 6.07) is 6.22. The van der Waals surface area contributed by atoms with Crippen molar-refractivity contribution in [1.29, 1.82) is 0 Å². The molecule has 0 amide bonds. The van der Waals surface area contributed by atoms with Gasteiger partial charge in [-0.2, -0.15) is 8.78 Å². The highest BCUT2D eigenvalue weighted by molar-refractivity contribution is 7.91. The van der Waals surface area contributed by atoms with Gasteiger partial charge in [0.15, 0.2) is 16.2 Å². The maximum absolute atomic E-state index is 12.4. The number of benzene rings is 1. The number of piperidine rings is 1. The van der Waals surface area contributed by atoms with Gasteiger partial charge in [0, 0.05) is 26.2 Å². The molecule has 11 heteroatoms. The van der Waals surface area contributed by atoms with Crippen LogP contribution in [0.3, 0.4) is 0 Å². The number of carbonyl (C=O) groups excluding carboxylic acids is 1. The number of carbonyl (C=O) groups is 1. The first-order valence-corrected chi connectivity index (χ1v) is 11.5. The van der Waals surface area contributed by atoms with Gasteiger partial charge in [-0.25, -0.2) is 8.42 Å². The molecular weight excluding hydrogens is 422 g/mol. The van der Waals surface area contributed by atoms with Crippen LogP contribution in [0.1, 0.15) is 17.9 Å². The fourth-order valence-corrected chi connectivity index (χ4v) is 5.24. The lowest BCUT2D eigenvalue weighted by Gasteiger charge is -2.43. The number of ether oxygens (including phenoxy) is 2. The van der Waals surface area contributed by atoms with Gasteiger partial charge in [-0.1, -0.05) is 12.1 Å². The Balaban J connectivity index is 1.75. The number of nitrogens with zero attached hydrogens (tertiary/aromatic N) is 2. The van der Waals surface area contributed by atoms with Crippen molar-refractivity contribution in [2.24, 2.45) is 5.92 Å². The molecule has 0 aliphatic carbocycles. The minimum Gasteiger partial charge on any atom is -0.469 e. The summed E-state index contributed by atoms with van der Waals surface area (Å²) in [5, 5.41) is 10.9. The average Bonchev–Trinajstić information content (AvgIpc) is 2.72. The largest absolute Gasteiger partial charge is 0.469 e. The zero-order chi connectivity index (χ0) is 21.9. The number of hydrogen-bond donors (Lipinski definition) is 1. The highest BCUT2D eigenvalue weighted by Crippen LogP contribution is 2.33. The second kappa shape index (κ2) is 9.54. The first-order valence-electron chi connectivity index (χ1n) is 9.67. The highest BCUT2D eigenvalue weighted by Gasteiger charge is 2.38. The molecule has 3 atom stereocenters. The van der Waals surface area contributed by atoms with Crippen LogP contribution in [0.2, 0.25) is 0 Å². The number of esters is 1. The van der Waals surface area contributed by atoms with Gasteiger partial charge >= 0.3 is 12.6 Å². The summed E-state index contributed by atoms with van der Waals surface area (Å²) < 4.78 is 57.3. The monoisotopic (exact) mass is 448 g/mol. The molecule has 30 heavy (non-hydrogen) atoms. The molecule has 0 spiro atoms. The van der Waals surface area contributed by atoms with E-state index in [4.69, 9.17) is 4.74 Å². The quantitative estimate of drug-likeness (QED) is 0.641. The highest BCUT2D eigenvalue weighted by atomic mass is 32.2. The summed E-state index contributed by atoms with van der Waals surface area (Å²) in [4.78, 5) is 15.6. The maximum Gasteiger partial charge on any atom is 0.387 e. The van der Waals surface area contributed by atoms with Gasteiger partial charge in [-0.3, -0.25) is 14.6 Å². The van der Waals surface area contributed by atoms with Crippen LogP contribution in [0.15, 0.2) is 24.3 Å². The third kappa shape index (κ3) is 5.65. The number of aliphatic hydroxyl groups is 1. The number of methoxy groups -OCH3 is 1. The van der Waals surface area contributed by atoms with Gasteiger partial charge in [-0.05, 0) is 30.0 Å². The van der Waals surface area contributed by atoms with E-state index in [9.17, 15) is 27.1 Å². The Labute approximate surface area is 174 Å². The number of sulfone groups is 1. The molecule has 1 N–H and O–H groups in total. The van der Waals surface area contributed by atoms with E-state index in [1.54, 1.807) is 21.9 Å². The van der Waals surface area contributed by atoms with Crippen molar-refractivity contribution in [1.82, 2.24) is 9.80 Å². The lowest BCUT2D eigenvalue weighted by Crippen LogP contribution is -2.57. The average molecular weight is 448 g/mol. The molecule has 0 radical (unpaired) electrons. The standard InChI is InChI=1S/C19H26F2N2O6S/c1-28-17(24)15-10-14(13-2-4-16(5-3-13)29-18(20)21)11-23(12-15)19(25)22-6-8-30(26,27)9-7-22/h2-5,14-15,18-19,25H,6-12H2,1H3. The zero-order valence-corrected chi connectivity index (χ0v) is 17.4. The van der Waals surface area contributed by atoms with Gasteiger partial charge in [0.2, 0.25) is 0 Å². The van der Waals surface area contributed by atoms with Gasteiger partial charge in [-0.15, -0.1) is 0 Å². The topological polar surface area (TPSA) is 96.4 Å². The van der Waals surface area contributed by atoms with Crippen LogP contribution in [0.25, 0.3) is 0 Å². The van der Waals surface area contributed by atoms with Gasteiger partial charge in [0.25, 0.3) is 0 Å². The van der Waals surface area contributed by atoms with Crippen LogP contribution in [0.5, 0.6) is 5.75 Å². The number of hydrogen-bond acceptors (Lipinski definition) is 8. The third-order valence-corrected chi connectivity index (χ3v) is 7.23. The summed E-state index contributed by atoms with van der Waals surface area (Å²) in [5.41, 5.74) is 0.823. The van der Waals surface area contributed by atoms with E-state index in [0.717, 1.165) is 5.56 Å². The van der Waals surface area contributed by atoms with Crippen molar-refractivity contribution < 1.29 is 36.6 Å². The van der Waals surface area contributed by atoms with E-state index < -0.39 is 34.7 Å². The van der Waals surface area contributed by atoms with Gasteiger partial charge in [0.05, 0.1) is 24.5 Å². The molecule has 0 aromatic heterocycles. The molecule has 168 valence electrons. The summed E-state index contributed by atoms with van der Waals surface area (Å²) in [7, 11) is -1.78. The molecule has 2 saturated heterocycles. The summed E-state index contributed by atoms with van der Waals surface area (Å²) in [6.07, 6.45) is -0.545. The number of likely N-dealkylation sites (tertiary alicyclic amines) is 1. The number of halogens is 2. The van der Waals surface area contributed by atoms with Crippen molar-refractivity contribution in [2.75, 3.05) is 44.8 Å². The van der Waals surface area contributed by atoms with Crippen LogP contribution >= 0.6 is 0 Å². The molecule has 2 aliphatic heterocycles. The van der Waals surface area contributed by atoms with Crippen molar-refractivity contribution in [3.05, 3.63) is 29.8 Å². The summed E-state index contributed by atoms with van der Waals surface area (Å²) in [5.74, 6) is -1.02. The minimum atomic E-state index is -3.09. The Morgan fingerprint density at radius 2 is 1.77 bits per heavy atom. The second-order valence-corrected chi connectivity index (χ2v) is 9.89. The predicted molar refractivity (Wildman–Crippen MR) is 104 cm³/mol. The molecule has 1 aromatic rings. The van der Waals surface area contributed by atoms with Crippen LogP contribution in [-0.2, 0) is 19.4 Å². The molecule has 3 unspecified atom stereocenters. The fourth-order valence-electron chi connectivity index (χ4n) is 4.01. The second-order valence-electron chi connectivity index (χ2n) is 7.59. The Morgan fingerprint density at radius 3 is 2.33 bits per heavy atom. The maximum atomic E-state index is 12.4. The van der Waals surface area contributed by atoms with Crippen LogP contribution in [0.4, 0.5) is 8.78 Å². The molecule has 0 bridgehead atoms. The Morgan fingerprint density at radius 1 is 1.13 bits per heavy atom. The molecule has 3 rings (SSSR count). The van der Waals surface area contributed by atoms with E-state index >= 15 is 0 Å². The minimum absolute atomic E-state index is 0.0205. The Bertz CT molecular complexity index is 822. The zero-order valence-electron chi connectivity index (χ0n) is 16.6. The molecule has 0 saturated carbocycles. The summed E-state index contributed by atoms with van der Waals surface area (Å²) >= 11 is 0. The predicted octanol–water partition coefficient (Wildman–Crippen LogP) is 0.873. The number of alkyl halides is 2. The molecule has 2 aliphatic rings. The van der Waals surface area contributed by atoms with Crippen LogP contribution < -0.4 is 4.74 Å². The van der Waals surface area contributed by atoms with Crippen molar-refractivity contribution in [3.8, 4) is 5.75 Å². The van der Waals surface area contributed by atoms with E-state index in [0.29, 0.717) is 13.0 Å². The number of rotatable bonds is 6. The molecule has 2 fully saturated rings. The molecular formula is C19H26F2N2O6S. The smallest absolute Gasteiger partial charge is 0.387 e. The van der Waals surface area contributed by atoms with E-state index in [1.807, 2.05) is 0 Å². The van der Waals surface area contributed by atoms with Crippen molar-refractivity contribution in [3.63, 3.8) is 0 Å². The Hall–Kier alpha value is -1.82. The van der Waals surface area contributed by atoms with E-state index in [1.165, 1.54) is 19.2 Å². The van der Waals surface area contributed by atoms with Crippen molar-refractivity contribution in [2.45, 2.75) is 25.3 Å². The van der Waals surface area contributed by atoms with Gasteiger partial charge in [0.1, 0.15) is 5.75 Å². The number of aliphatic hydroxyl groups excluding tert-OH is 1. The molecule has 1 aromatic carbocycles. The summed E-state index contributed by atoms with van der Waals surface area (Å²) in [6.45, 7) is -1.78. The normalized spacial score (nSPS) is 26.3. The lowest BCUT2D eigenvalue weighted by molar-refractivity contribution is -0.156. The SMILES string of the molecule is COC(=O)C1CC(c2ccc(OC(F)F)cc2)CN(C(O)N2CCS(=O)(=O)CC2)C1. The van der Waals surface area contributed by atoms with Gasteiger partial charge < -0.3 is 14.6 Å². The van der Waals surface area contributed by atoms with E-state index in [-0.39, 0.29) is 42.8 Å². The molecule has 8 nitrogen and oxygen atoms in total. The molecule has 2 heterocycles. The first-order chi connectivity index (χ1) is 14.2. The van der Waals surface area contributed by atoms with Crippen LogP contribution in [-0.4, -0.2) is 87.1 Å². The fraction of sp³-hybridized carbons (Fsp3) is 0.632. The third-order valence-electron chi connectivity index (χ3n) is 5.62. The van der Waals surface area contributed by atoms with Crippen molar-refractivity contribution >= 4 is 15.8 Å². The van der Waals surface area contributed by atoms with Crippen LogP contribution in [0, 0.1) is 5.92 Å². The lowest BCUT2D eigenvalue weighted by atomic mass is 9.84. The van der Waals surface area contributed by atoms with E-state index in [2.05, 4.69) is 4.74 Å². The first kappa shape index (κ1) is 22.9.